The molecule has 0 rings (SSSR count). The third-order valence-electron chi connectivity index (χ3n) is 0.869. The van der Waals surface area contributed by atoms with Crippen LogP contribution in [-0.2, 0) is 9.84 Å². The second-order valence-electron chi connectivity index (χ2n) is 2.08. The normalized spacial score (nSPS) is 9.27. The number of hydrogen-bond acceptors (Lipinski definition) is 4. The van der Waals surface area contributed by atoms with Gasteiger partial charge in [0.05, 0.1) is 0 Å². The topological polar surface area (TPSA) is 57.9 Å². The molecule has 0 aliphatic heterocycles. The number of nitriles is 1. The molecule has 0 aromatic heterocycles. The molecule has 0 spiro atoms. The number of thiocyanates is 1. The minimum atomic E-state index is -2.69. The summed E-state index contributed by atoms with van der Waals surface area (Å²) < 4.78 is 20.8. The highest BCUT2D eigenvalue weighted by Gasteiger charge is 1.97. The zero-order chi connectivity index (χ0) is 9.33. The third-order valence-corrected chi connectivity index (χ3v) is 1.90. The zero-order valence-electron chi connectivity index (χ0n) is 6.74. The summed E-state index contributed by atoms with van der Waals surface area (Å²) in [6.45, 7) is 1.98. The first kappa shape index (κ1) is 13.4. The van der Waals surface area contributed by atoms with Crippen molar-refractivity contribution in [3.63, 3.8) is 0 Å². The first-order valence-corrected chi connectivity index (χ1v) is 5.69. The van der Waals surface area contributed by atoms with Gasteiger partial charge in [-0.1, -0.05) is 26.0 Å². The lowest BCUT2D eigenvalue weighted by atomic mass is 10.4. The molecule has 0 aliphatic rings. The first-order valence-electron chi connectivity index (χ1n) is 3.18. The van der Waals surface area contributed by atoms with Crippen LogP contribution in [0.4, 0.5) is 0 Å². The highest BCUT2D eigenvalue weighted by Crippen LogP contribution is 1.91. The summed E-state index contributed by atoms with van der Waals surface area (Å²) in [5.41, 5.74) is 0. The molecular weight excluding hydrogens is 182 g/mol. The van der Waals surface area contributed by atoms with Gasteiger partial charge in [0.1, 0.15) is 15.2 Å². The predicted octanol–water partition coefficient (Wildman–Crippen LogP) is 1.23. The summed E-state index contributed by atoms with van der Waals surface area (Å²) in [7, 11) is -2.69. The van der Waals surface area contributed by atoms with Crippen molar-refractivity contribution in [3.05, 3.63) is 0 Å². The second-order valence-corrected chi connectivity index (χ2v) is 4.54. The van der Waals surface area contributed by atoms with Gasteiger partial charge < -0.3 is 0 Å². The van der Waals surface area contributed by atoms with Gasteiger partial charge in [-0.25, -0.2) is 8.42 Å². The van der Waals surface area contributed by atoms with Crippen LogP contribution in [0.3, 0.4) is 0 Å². The Morgan fingerprint density at radius 3 is 2.00 bits per heavy atom. The molecule has 0 bridgehead atoms. The standard InChI is InChI=1S/C5H12O2S.CHNS/c1-3-4-5-8(2,6)7;2-1-3/h3-5H2,1-2H3;3H. The van der Waals surface area contributed by atoms with Gasteiger partial charge in [-0.3, -0.25) is 0 Å². The monoisotopic (exact) mass is 195 g/mol. The highest BCUT2D eigenvalue weighted by atomic mass is 32.2. The summed E-state index contributed by atoms with van der Waals surface area (Å²) >= 11 is 3.09. The summed E-state index contributed by atoms with van der Waals surface area (Å²) in [4.78, 5) is 0. The molecular formula is C6H13NO2S2. The molecule has 0 amide bonds. The molecule has 66 valence electrons. The first-order chi connectivity index (χ1) is 4.97. The van der Waals surface area contributed by atoms with Crippen molar-refractivity contribution >= 4 is 22.5 Å². The predicted molar refractivity (Wildman–Crippen MR) is 49.2 cm³/mol. The average molecular weight is 195 g/mol. The van der Waals surface area contributed by atoms with E-state index in [1.165, 1.54) is 11.7 Å². The molecule has 0 saturated carbocycles. The van der Waals surface area contributed by atoms with Crippen LogP contribution in [0.5, 0.6) is 0 Å². The SMILES string of the molecule is CCCCS(C)(=O)=O.N#CS. The largest absolute Gasteiger partial charge is 0.229 e. The zero-order valence-corrected chi connectivity index (χ0v) is 8.45. The number of thiol groups is 1. The minimum absolute atomic E-state index is 0.337. The Hall–Kier alpha value is -0.210. The summed E-state index contributed by atoms with van der Waals surface area (Å²) in [5.74, 6) is 0.337. The van der Waals surface area contributed by atoms with Crippen molar-refractivity contribution in [1.29, 1.82) is 5.26 Å². The molecule has 0 saturated heterocycles. The van der Waals surface area contributed by atoms with Crippen molar-refractivity contribution in [2.24, 2.45) is 0 Å². The second kappa shape index (κ2) is 7.89. The highest BCUT2D eigenvalue weighted by molar-refractivity contribution is 7.90. The van der Waals surface area contributed by atoms with Crippen molar-refractivity contribution in [2.75, 3.05) is 12.0 Å². The van der Waals surface area contributed by atoms with Crippen LogP contribution < -0.4 is 0 Å². The Morgan fingerprint density at radius 1 is 1.55 bits per heavy atom. The van der Waals surface area contributed by atoms with Crippen LogP contribution in [0.1, 0.15) is 19.8 Å². The van der Waals surface area contributed by atoms with E-state index >= 15 is 0 Å². The Kier molecular flexibility index (Phi) is 9.60. The molecule has 0 aliphatic carbocycles. The molecule has 0 unspecified atom stereocenters. The lowest BCUT2D eigenvalue weighted by Crippen LogP contribution is -2.01. The minimum Gasteiger partial charge on any atom is -0.229 e. The van der Waals surface area contributed by atoms with Crippen LogP contribution in [0, 0.1) is 10.7 Å². The Morgan fingerprint density at radius 2 is 1.91 bits per heavy atom. The maximum absolute atomic E-state index is 10.4. The van der Waals surface area contributed by atoms with Crippen LogP contribution >= 0.6 is 12.6 Å². The average Bonchev–Trinajstić information content (AvgIpc) is 1.84. The van der Waals surface area contributed by atoms with Gasteiger partial charge >= 0.3 is 0 Å². The van der Waals surface area contributed by atoms with Crippen molar-refractivity contribution in [2.45, 2.75) is 19.8 Å². The summed E-state index contributed by atoms with van der Waals surface area (Å²) in [5, 5.41) is 8.63. The molecule has 11 heavy (non-hydrogen) atoms. The van der Waals surface area contributed by atoms with Gasteiger partial charge in [-0.15, -0.1) is 0 Å². The van der Waals surface area contributed by atoms with Gasteiger partial charge in [0, 0.05) is 12.0 Å². The van der Waals surface area contributed by atoms with E-state index in [4.69, 9.17) is 5.26 Å². The quantitative estimate of drug-likeness (QED) is 0.544. The van der Waals surface area contributed by atoms with E-state index in [9.17, 15) is 8.42 Å². The van der Waals surface area contributed by atoms with Crippen LogP contribution in [0.25, 0.3) is 0 Å². The van der Waals surface area contributed by atoms with Gasteiger partial charge in [0.2, 0.25) is 0 Å². The van der Waals surface area contributed by atoms with Crippen molar-refractivity contribution in [1.82, 2.24) is 0 Å². The van der Waals surface area contributed by atoms with E-state index in [0.29, 0.717) is 5.75 Å². The van der Waals surface area contributed by atoms with Crippen LogP contribution in [0.2, 0.25) is 0 Å². The Labute approximate surface area is 73.7 Å². The van der Waals surface area contributed by atoms with E-state index < -0.39 is 9.84 Å². The fourth-order valence-electron chi connectivity index (χ4n) is 0.407. The van der Waals surface area contributed by atoms with E-state index in [1.54, 1.807) is 0 Å². The van der Waals surface area contributed by atoms with E-state index in [-0.39, 0.29) is 0 Å². The van der Waals surface area contributed by atoms with E-state index in [0.717, 1.165) is 12.8 Å². The molecule has 0 heterocycles. The molecule has 5 heteroatoms. The molecule has 0 N–H and O–H groups in total. The van der Waals surface area contributed by atoms with Gasteiger partial charge in [0.25, 0.3) is 0 Å². The van der Waals surface area contributed by atoms with Gasteiger partial charge in [-0.2, -0.15) is 5.26 Å². The van der Waals surface area contributed by atoms with E-state index in [2.05, 4.69) is 12.6 Å². The third kappa shape index (κ3) is 25.9. The van der Waals surface area contributed by atoms with Crippen LogP contribution in [0.15, 0.2) is 0 Å². The van der Waals surface area contributed by atoms with Crippen LogP contribution in [-0.4, -0.2) is 20.4 Å². The Balaban J connectivity index is 0. The number of rotatable bonds is 3. The molecule has 0 aromatic carbocycles. The van der Waals surface area contributed by atoms with Crippen molar-refractivity contribution in [3.8, 4) is 5.40 Å². The Bertz CT molecular complexity index is 203. The number of nitrogens with zero attached hydrogens (tertiary/aromatic N) is 1. The number of sulfone groups is 1. The number of unbranched alkanes of at least 4 members (excludes halogenated alkanes) is 1. The molecule has 0 radical (unpaired) electrons. The fourth-order valence-corrected chi connectivity index (χ4v) is 1.22. The molecule has 0 atom stereocenters. The smallest absolute Gasteiger partial charge is 0.147 e. The van der Waals surface area contributed by atoms with E-state index in [1.807, 2.05) is 6.92 Å². The molecule has 0 aromatic rings. The fraction of sp³-hybridized carbons (Fsp3) is 0.833. The lowest BCUT2D eigenvalue weighted by molar-refractivity contribution is 0.598. The van der Waals surface area contributed by atoms with Gasteiger partial charge in [0.15, 0.2) is 0 Å². The maximum Gasteiger partial charge on any atom is 0.147 e. The van der Waals surface area contributed by atoms with Crippen molar-refractivity contribution < 1.29 is 8.42 Å². The van der Waals surface area contributed by atoms with Gasteiger partial charge in [-0.05, 0) is 6.42 Å². The summed E-state index contributed by atoms with van der Waals surface area (Å²) in [6.07, 6.45) is 3.01. The number of hydrogen-bond donors (Lipinski definition) is 1. The lowest BCUT2D eigenvalue weighted by Gasteiger charge is -1.91. The maximum atomic E-state index is 10.4. The summed E-state index contributed by atoms with van der Waals surface area (Å²) in [6, 6.07) is 0. The molecule has 3 nitrogen and oxygen atoms in total. The molecule has 0 fully saturated rings.